The van der Waals surface area contributed by atoms with Gasteiger partial charge in [0.2, 0.25) is 0 Å². The second-order valence-corrected chi connectivity index (χ2v) is 5.57. The van der Waals surface area contributed by atoms with E-state index in [1.54, 1.807) is 7.11 Å². The molecule has 1 N–H and O–H groups in total. The second kappa shape index (κ2) is 6.17. The molecule has 0 aliphatic heterocycles. The van der Waals surface area contributed by atoms with Gasteiger partial charge in [-0.1, -0.05) is 26.2 Å². The van der Waals surface area contributed by atoms with Gasteiger partial charge in [0.15, 0.2) is 0 Å². The smallest absolute Gasteiger partial charge is 0.0986 e. The van der Waals surface area contributed by atoms with Crippen LogP contribution >= 0.6 is 0 Å². The maximum atomic E-state index is 6.23. The van der Waals surface area contributed by atoms with Gasteiger partial charge in [-0.2, -0.15) is 0 Å². The minimum Gasteiger partial charge on any atom is -0.377 e. The van der Waals surface area contributed by atoms with Crippen LogP contribution in [0.3, 0.4) is 0 Å². The van der Waals surface area contributed by atoms with Crippen molar-refractivity contribution in [1.82, 2.24) is 5.32 Å². The van der Waals surface area contributed by atoms with Crippen LogP contribution < -0.4 is 5.32 Å². The molecule has 5 unspecified atom stereocenters. The van der Waals surface area contributed by atoms with E-state index in [-0.39, 0.29) is 6.10 Å². The van der Waals surface area contributed by atoms with Gasteiger partial charge in [-0.05, 0) is 32.2 Å². The Bertz CT molecular complexity index is 232. The molecule has 2 fully saturated rings. The molecule has 0 aromatic heterocycles. The van der Waals surface area contributed by atoms with Crippen LogP contribution in [0.2, 0.25) is 0 Å². The van der Waals surface area contributed by atoms with Crippen molar-refractivity contribution in [3.8, 4) is 0 Å². The molecule has 2 rings (SSSR count). The number of hydrogen-bond donors (Lipinski definition) is 1. The van der Waals surface area contributed by atoms with Gasteiger partial charge >= 0.3 is 0 Å². The monoisotopic (exact) mass is 241 g/mol. The molecule has 0 heterocycles. The van der Waals surface area contributed by atoms with Crippen LogP contribution in [-0.4, -0.2) is 38.5 Å². The lowest BCUT2D eigenvalue weighted by Gasteiger charge is -2.45. The molecule has 0 saturated heterocycles. The Morgan fingerprint density at radius 1 is 1.24 bits per heavy atom. The van der Waals surface area contributed by atoms with Crippen molar-refractivity contribution in [3.05, 3.63) is 0 Å². The number of rotatable bonds is 5. The van der Waals surface area contributed by atoms with Crippen LogP contribution in [0.5, 0.6) is 0 Å². The lowest BCUT2D eigenvalue weighted by molar-refractivity contribution is -0.164. The fraction of sp³-hybridized carbons (Fsp3) is 1.00. The van der Waals surface area contributed by atoms with E-state index in [0.717, 1.165) is 12.3 Å². The summed E-state index contributed by atoms with van der Waals surface area (Å²) in [5.74, 6) is 0.884. The van der Waals surface area contributed by atoms with Crippen molar-refractivity contribution in [2.75, 3.05) is 14.2 Å². The van der Waals surface area contributed by atoms with Gasteiger partial charge in [0.1, 0.15) is 0 Å². The largest absolute Gasteiger partial charge is 0.377 e. The van der Waals surface area contributed by atoms with Crippen molar-refractivity contribution in [3.63, 3.8) is 0 Å². The standard InChI is InChI=1S/C14H27NO2/c1-4-10-6-5-7-11(8-10)17-13-9-12(15-2)14(13)16-3/h10-15H,4-9H2,1-3H3. The molecule has 5 atom stereocenters. The van der Waals surface area contributed by atoms with Crippen molar-refractivity contribution in [1.29, 1.82) is 0 Å². The van der Waals surface area contributed by atoms with Crippen molar-refractivity contribution < 1.29 is 9.47 Å². The first-order valence-electron chi connectivity index (χ1n) is 7.14. The minimum atomic E-state index is 0.252. The number of methoxy groups -OCH3 is 1. The van der Waals surface area contributed by atoms with Crippen LogP contribution in [0.25, 0.3) is 0 Å². The SMILES string of the molecule is CCC1CCCC(OC2CC(NC)C2OC)C1. The summed E-state index contributed by atoms with van der Waals surface area (Å²) in [7, 11) is 3.79. The molecule has 0 aromatic rings. The van der Waals surface area contributed by atoms with E-state index in [1.807, 2.05) is 7.05 Å². The van der Waals surface area contributed by atoms with E-state index in [9.17, 15) is 0 Å². The van der Waals surface area contributed by atoms with Gasteiger partial charge in [-0.25, -0.2) is 0 Å². The Morgan fingerprint density at radius 2 is 2.06 bits per heavy atom. The van der Waals surface area contributed by atoms with Gasteiger partial charge in [-0.15, -0.1) is 0 Å². The average Bonchev–Trinajstić information content (AvgIpc) is 2.34. The van der Waals surface area contributed by atoms with E-state index in [2.05, 4.69) is 12.2 Å². The molecule has 3 heteroatoms. The Labute approximate surface area is 105 Å². The zero-order valence-corrected chi connectivity index (χ0v) is 11.4. The summed E-state index contributed by atoms with van der Waals surface area (Å²) in [5, 5.41) is 3.28. The topological polar surface area (TPSA) is 30.5 Å². The Morgan fingerprint density at radius 3 is 2.71 bits per heavy atom. The molecule has 0 spiro atoms. The fourth-order valence-electron chi connectivity index (χ4n) is 3.30. The van der Waals surface area contributed by atoms with Gasteiger partial charge < -0.3 is 14.8 Å². The minimum absolute atomic E-state index is 0.252. The van der Waals surface area contributed by atoms with E-state index >= 15 is 0 Å². The molecule has 2 aliphatic rings. The Hall–Kier alpha value is -0.120. The van der Waals surface area contributed by atoms with Gasteiger partial charge in [0, 0.05) is 13.2 Å². The van der Waals surface area contributed by atoms with Crippen LogP contribution in [0, 0.1) is 5.92 Å². The molecule has 0 amide bonds. The van der Waals surface area contributed by atoms with Crippen molar-refractivity contribution in [2.45, 2.75) is 69.8 Å². The average molecular weight is 241 g/mol. The highest BCUT2D eigenvalue weighted by Crippen LogP contribution is 2.33. The highest BCUT2D eigenvalue weighted by atomic mass is 16.5. The molecular formula is C14H27NO2. The van der Waals surface area contributed by atoms with E-state index < -0.39 is 0 Å². The molecule has 0 aromatic carbocycles. The Balaban J connectivity index is 1.77. The van der Waals surface area contributed by atoms with Crippen LogP contribution in [0.1, 0.15) is 45.4 Å². The summed E-state index contributed by atoms with van der Waals surface area (Å²) in [6, 6.07) is 0.482. The molecule has 17 heavy (non-hydrogen) atoms. The van der Waals surface area contributed by atoms with E-state index in [4.69, 9.17) is 9.47 Å². The molecule has 100 valence electrons. The van der Waals surface area contributed by atoms with Crippen LogP contribution in [0.4, 0.5) is 0 Å². The molecule has 3 nitrogen and oxygen atoms in total. The van der Waals surface area contributed by atoms with Crippen LogP contribution in [0.15, 0.2) is 0 Å². The summed E-state index contributed by atoms with van der Waals surface area (Å²) in [4.78, 5) is 0. The summed E-state index contributed by atoms with van der Waals surface area (Å²) in [5.41, 5.74) is 0. The first-order valence-corrected chi connectivity index (χ1v) is 7.14. The summed E-state index contributed by atoms with van der Waals surface area (Å²) < 4.78 is 11.7. The maximum absolute atomic E-state index is 6.23. The maximum Gasteiger partial charge on any atom is 0.0986 e. The zero-order valence-electron chi connectivity index (χ0n) is 11.4. The third-order valence-corrected chi connectivity index (χ3v) is 4.57. The number of nitrogens with one attached hydrogen (secondary N) is 1. The lowest BCUT2D eigenvalue weighted by Crippen LogP contribution is -2.59. The predicted molar refractivity (Wildman–Crippen MR) is 69.2 cm³/mol. The van der Waals surface area contributed by atoms with Crippen LogP contribution in [-0.2, 0) is 9.47 Å². The predicted octanol–water partition coefficient (Wildman–Crippen LogP) is 2.35. The first-order chi connectivity index (χ1) is 8.28. The van der Waals surface area contributed by atoms with Gasteiger partial charge in [0.25, 0.3) is 0 Å². The summed E-state index contributed by atoms with van der Waals surface area (Å²) >= 11 is 0. The highest BCUT2D eigenvalue weighted by Gasteiger charge is 2.42. The van der Waals surface area contributed by atoms with Gasteiger partial charge in [0.05, 0.1) is 18.3 Å². The first kappa shape index (κ1) is 13.3. The van der Waals surface area contributed by atoms with E-state index in [1.165, 1.54) is 32.1 Å². The molecule has 0 radical (unpaired) electrons. The van der Waals surface area contributed by atoms with E-state index in [0.29, 0.717) is 18.2 Å². The normalized spacial score (nSPS) is 42.2. The third-order valence-electron chi connectivity index (χ3n) is 4.57. The molecule has 2 saturated carbocycles. The van der Waals surface area contributed by atoms with Gasteiger partial charge in [-0.3, -0.25) is 0 Å². The van der Waals surface area contributed by atoms with Crippen molar-refractivity contribution >= 4 is 0 Å². The third kappa shape index (κ3) is 3.01. The Kier molecular flexibility index (Phi) is 4.83. The number of hydrogen-bond acceptors (Lipinski definition) is 3. The highest BCUT2D eigenvalue weighted by molar-refractivity contribution is 4.97. The van der Waals surface area contributed by atoms with Crippen molar-refractivity contribution in [2.24, 2.45) is 5.92 Å². The number of ether oxygens (including phenoxy) is 2. The fourth-order valence-corrected chi connectivity index (χ4v) is 3.30. The zero-order chi connectivity index (χ0) is 12.3. The molecular weight excluding hydrogens is 214 g/mol. The summed E-state index contributed by atoms with van der Waals surface area (Å²) in [6.45, 7) is 2.30. The summed E-state index contributed by atoms with van der Waals surface area (Å²) in [6.07, 6.45) is 8.69. The second-order valence-electron chi connectivity index (χ2n) is 5.57. The molecule has 0 bridgehead atoms. The number of likely N-dealkylation sites (N-methyl/N-ethyl adjacent to an activating group) is 1. The lowest BCUT2D eigenvalue weighted by atomic mass is 9.83. The quantitative estimate of drug-likeness (QED) is 0.801. The molecule has 2 aliphatic carbocycles.